The van der Waals surface area contributed by atoms with E-state index in [2.05, 4.69) is 29.2 Å². The molecule has 142 valence electrons. The highest BCUT2D eigenvalue weighted by atomic mass is 32.1. The molecule has 2 amide bonds. The molecule has 1 unspecified atom stereocenters. The van der Waals surface area contributed by atoms with E-state index in [1.807, 2.05) is 11.0 Å². The molecular formula is C21H25N3O2S. The van der Waals surface area contributed by atoms with Crippen LogP contribution in [0.3, 0.4) is 0 Å². The van der Waals surface area contributed by atoms with Gasteiger partial charge in [-0.25, -0.2) is 0 Å². The van der Waals surface area contributed by atoms with Crippen LogP contribution >= 0.6 is 11.3 Å². The van der Waals surface area contributed by atoms with Gasteiger partial charge in [-0.1, -0.05) is 24.3 Å². The van der Waals surface area contributed by atoms with E-state index in [0.717, 1.165) is 50.3 Å². The standard InChI is InChI=1S/C21H25N3O2S/c22-21(26)19-10-9-18(27-19)17-7-3-12-24(17)20(25)8-4-11-23-13-15-5-1-2-6-16(15)14-23/h1-2,5-6,9-10,17H,3-4,7-8,11-14H2,(H2,22,26). The average molecular weight is 384 g/mol. The Kier molecular flexibility index (Phi) is 5.27. The van der Waals surface area contributed by atoms with Gasteiger partial charge in [-0.15, -0.1) is 11.3 Å². The van der Waals surface area contributed by atoms with Crippen molar-refractivity contribution < 1.29 is 9.59 Å². The molecule has 1 aromatic carbocycles. The first kappa shape index (κ1) is 18.2. The van der Waals surface area contributed by atoms with Gasteiger partial charge in [0.25, 0.3) is 5.91 Å². The number of hydrogen-bond donors (Lipinski definition) is 1. The molecule has 0 bridgehead atoms. The zero-order chi connectivity index (χ0) is 18.8. The average Bonchev–Trinajstić information content (AvgIpc) is 3.38. The third-order valence-corrected chi connectivity index (χ3v) is 6.74. The van der Waals surface area contributed by atoms with Crippen LogP contribution in [0.25, 0.3) is 0 Å². The number of likely N-dealkylation sites (tertiary alicyclic amines) is 1. The van der Waals surface area contributed by atoms with E-state index >= 15 is 0 Å². The van der Waals surface area contributed by atoms with E-state index in [1.54, 1.807) is 6.07 Å². The zero-order valence-corrected chi connectivity index (χ0v) is 16.2. The number of nitrogens with two attached hydrogens (primary N) is 1. The molecule has 1 aromatic heterocycles. The summed E-state index contributed by atoms with van der Waals surface area (Å²) in [4.78, 5) is 30.2. The zero-order valence-electron chi connectivity index (χ0n) is 15.4. The molecule has 0 radical (unpaired) electrons. The Labute approximate surface area is 163 Å². The molecule has 6 heteroatoms. The van der Waals surface area contributed by atoms with Crippen LogP contribution in [0.15, 0.2) is 36.4 Å². The highest BCUT2D eigenvalue weighted by Gasteiger charge is 2.31. The summed E-state index contributed by atoms with van der Waals surface area (Å²) in [5.41, 5.74) is 8.18. The van der Waals surface area contributed by atoms with Gasteiger partial charge in [-0.3, -0.25) is 14.5 Å². The van der Waals surface area contributed by atoms with Crippen LogP contribution < -0.4 is 5.73 Å². The predicted molar refractivity (Wildman–Crippen MR) is 106 cm³/mol. The van der Waals surface area contributed by atoms with Crippen molar-refractivity contribution in [1.82, 2.24) is 9.80 Å². The van der Waals surface area contributed by atoms with Crippen LogP contribution in [0.5, 0.6) is 0 Å². The van der Waals surface area contributed by atoms with E-state index in [9.17, 15) is 9.59 Å². The summed E-state index contributed by atoms with van der Waals surface area (Å²) in [7, 11) is 0. The predicted octanol–water partition coefficient (Wildman–Crippen LogP) is 3.31. The fourth-order valence-corrected chi connectivity index (χ4v) is 5.19. The SMILES string of the molecule is NC(=O)c1ccc(C2CCCN2C(=O)CCCN2Cc3ccccc3C2)s1. The van der Waals surface area contributed by atoms with Crippen molar-refractivity contribution in [3.05, 3.63) is 57.3 Å². The Morgan fingerprint density at radius 2 is 1.85 bits per heavy atom. The molecule has 5 nitrogen and oxygen atoms in total. The molecule has 2 N–H and O–H groups in total. The Balaban J connectivity index is 1.29. The molecule has 4 rings (SSSR count). The molecule has 1 atom stereocenters. The van der Waals surface area contributed by atoms with Crippen molar-refractivity contribution in [1.29, 1.82) is 0 Å². The minimum Gasteiger partial charge on any atom is -0.365 e. The Bertz CT molecular complexity index is 822. The third-order valence-electron chi connectivity index (χ3n) is 5.54. The highest BCUT2D eigenvalue weighted by molar-refractivity contribution is 7.14. The number of thiophene rings is 1. The van der Waals surface area contributed by atoms with Crippen molar-refractivity contribution in [2.45, 2.75) is 44.8 Å². The number of rotatable bonds is 6. The Hall–Kier alpha value is -2.18. The minimum absolute atomic E-state index is 0.103. The maximum Gasteiger partial charge on any atom is 0.258 e. The van der Waals surface area contributed by atoms with Gasteiger partial charge < -0.3 is 10.6 Å². The molecule has 3 heterocycles. The van der Waals surface area contributed by atoms with Crippen LogP contribution in [0.4, 0.5) is 0 Å². The van der Waals surface area contributed by atoms with E-state index in [4.69, 9.17) is 5.73 Å². The van der Waals surface area contributed by atoms with Gasteiger partial charge in [0.2, 0.25) is 5.91 Å². The summed E-state index contributed by atoms with van der Waals surface area (Å²) >= 11 is 1.42. The Morgan fingerprint density at radius 1 is 1.11 bits per heavy atom. The highest BCUT2D eigenvalue weighted by Crippen LogP contribution is 2.36. The molecule has 2 aliphatic rings. The van der Waals surface area contributed by atoms with Gasteiger partial charge >= 0.3 is 0 Å². The lowest BCUT2D eigenvalue weighted by atomic mass is 10.1. The topological polar surface area (TPSA) is 66.6 Å². The van der Waals surface area contributed by atoms with Crippen LogP contribution in [0, 0.1) is 0 Å². The number of carbonyl (C=O) groups excluding carboxylic acids is 2. The number of fused-ring (bicyclic) bond motifs is 1. The first-order valence-corrected chi connectivity index (χ1v) is 10.4. The quantitative estimate of drug-likeness (QED) is 0.832. The lowest BCUT2D eigenvalue weighted by Crippen LogP contribution is -2.30. The second-order valence-corrected chi connectivity index (χ2v) is 8.51. The summed E-state index contributed by atoms with van der Waals surface area (Å²) in [6.07, 6.45) is 3.44. The van der Waals surface area contributed by atoms with Crippen molar-refractivity contribution in [2.75, 3.05) is 13.1 Å². The number of nitrogens with zero attached hydrogens (tertiary/aromatic N) is 2. The van der Waals surface area contributed by atoms with E-state index in [0.29, 0.717) is 11.3 Å². The van der Waals surface area contributed by atoms with E-state index < -0.39 is 5.91 Å². The first-order chi connectivity index (χ1) is 13.1. The van der Waals surface area contributed by atoms with Crippen LogP contribution in [0.1, 0.15) is 57.4 Å². The summed E-state index contributed by atoms with van der Waals surface area (Å²) in [5, 5.41) is 0. The molecule has 0 spiro atoms. The summed E-state index contributed by atoms with van der Waals surface area (Å²) < 4.78 is 0. The Morgan fingerprint density at radius 3 is 2.52 bits per heavy atom. The molecular weight excluding hydrogens is 358 g/mol. The second-order valence-electron chi connectivity index (χ2n) is 7.39. The molecule has 0 saturated carbocycles. The van der Waals surface area contributed by atoms with Gasteiger partial charge in [-0.2, -0.15) is 0 Å². The molecule has 1 saturated heterocycles. The fraction of sp³-hybridized carbons (Fsp3) is 0.429. The van der Waals surface area contributed by atoms with Gasteiger partial charge in [-0.05, 0) is 49.1 Å². The van der Waals surface area contributed by atoms with Gasteiger partial charge in [0.15, 0.2) is 0 Å². The van der Waals surface area contributed by atoms with Crippen LogP contribution in [-0.4, -0.2) is 34.7 Å². The van der Waals surface area contributed by atoms with Crippen molar-refractivity contribution in [3.8, 4) is 0 Å². The molecule has 2 aliphatic heterocycles. The summed E-state index contributed by atoms with van der Waals surface area (Å²) in [6, 6.07) is 12.4. The largest absolute Gasteiger partial charge is 0.365 e. The normalized spacial score (nSPS) is 19.4. The lowest BCUT2D eigenvalue weighted by Gasteiger charge is -2.24. The number of primary amides is 1. The van der Waals surface area contributed by atoms with E-state index in [-0.39, 0.29) is 11.9 Å². The fourth-order valence-electron chi connectivity index (χ4n) is 4.18. The monoisotopic (exact) mass is 383 g/mol. The van der Waals surface area contributed by atoms with Gasteiger partial charge in [0.05, 0.1) is 10.9 Å². The number of carbonyl (C=O) groups is 2. The maximum atomic E-state index is 12.8. The van der Waals surface area contributed by atoms with Crippen molar-refractivity contribution in [2.24, 2.45) is 5.73 Å². The van der Waals surface area contributed by atoms with Gasteiger partial charge in [0.1, 0.15) is 0 Å². The molecule has 2 aromatic rings. The maximum absolute atomic E-state index is 12.8. The minimum atomic E-state index is -0.395. The first-order valence-electron chi connectivity index (χ1n) is 9.60. The second kappa shape index (κ2) is 7.82. The third kappa shape index (κ3) is 3.92. The number of amides is 2. The van der Waals surface area contributed by atoms with Crippen molar-refractivity contribution in [3.63, 3.8) is 0 Å². The molecule has 0 aliphatic carbocycles. The summed E-state index contributed by atoms with van der Waals surface area (Å²) in [6.45, 7) is 3.73. The van der Waals surface area contributed by atoms with Crippen molar-refractivity contribution >= 4 is 23.2 Å². The van der Waals surface area contributed by atoms with Crippen LogP contribution in [0.2, 0.25) is 0 Å². The number of hydrogen-bond acceptors (Lipinski definition) is 4. The molecule has 27 heavy (non-hydrogen) atoms. The van der Waals surface area contributed by atoms with E-state index in [1.165, 1.54) is 22.5 Å². The van der Waals surface area contributed by atoms with Gasteiger partial charge in [0, 0.05) is 30.9 Å². The van der Waals surface area contributed by atoms with Crippen LogP contribution in [-0.2, 0) is 17.9 Å². The molecule has 1 fully saturated rings. The summed E-state index contributed by atoms with van der Waals surface area (Å²) in [5.74, 6) is -0.169. The smallest absolute Gasteiger partial charge is 0.258 e. The number of benzene rings is 1. The lowest BCUT2D eigenvalue weighted by molar-refractivity contribution is -0.132.